The van der Waals surface area contributed by atoms with E-state index >= 15 is 0 Å². The number of quaternary nitrogens is 1. The summed E-state index contributed by atoms with van der Waals surface area (Å²) in [4.78, 5) is 16.0. The number of benzene rings is 1. The molecule has 0 bridgehead atoms. The van der Waals surface area contributed by atoms with Crippen molar-refractivity contribution in [1.29, 1.82) is 0 Å². The lowest BCUT2D eigenvalue weighted by molar-refractivity contribution is -0.916. The van der Waals surface area contributed by atoms with E-state index in [4.69, 9.17) is 5.73 Å². The van der Waals surface area contributed by atoms with Crippen molar-refractivity contribution >= 4 is 27.5 Å². The van der Waals surface area contributed by atoms with E-state index in [0.29, 0.717) is 6.54 Å². The standard InChI is InChI=1S/C18H28N4OS/c1-4-22(5-2,13-17(19)23)12-11-20-10-9-15-7-6-8-16-18(15)21-14(3)24-16/h6-8,20H,4-5,9-13H2,1-3H3,(H-,19,23)/p+1. The van der Waals surface area contributed by atoms with E-state index in [1.54, 1.807) is 11.3 Å². The topological polar surface area (TPSA) is 68.0 Å². The summed E-state index contributed by atoms with van der Waals surface area (Å²) in [5.41, 5.74) is 7.85. The molecule has 0 saturated heterocycles. The Bertz CT molecular complexity index is 679. The number of fused-ring (bicyclic) bond motifs is 1. The second kappa shape index (κ2) is 8.55. The third kappa shape index (κ3) is 4.75. The van der Waals surface area contributed by atoms with Gasteiger partial charge in [0.1, 0.15) is 0 Å². The Morgan fingerprint density at radius 2 is 2.04 bits per heavy atom. The number of rotatable bonds is 10. The summed E-state index contributed by atoms with van der Waals surface area (Å²) >= 11 is 1.75. The zero-order chi connectivity index (χ0) is 17.6. The monoisotopic (exact) mass is 349 g/mol. The lowest BCUT2D eigenvalue weighted by Crippen LogP contribution is -2.55. The highest BCUT2D eigenvalue weighted by atomic mass is 32.1. The second-order valence-corrected chi connectivity index (χ2v) is 7.55. The van der Waals surface area contributed by atoms with Gasteiger partial charge < -0.3 is 15.5 Å². The Hall–Kier alpha value is -1.50. The van der Waals surface area contributed by atoms with Crippen LogP contribution in [0, 0.1) is 6.92 Å². The Kier molecular flexibility index (Phi) is 6.71. The largest absolute Gasteiger partial charge is 0.365 e. The predicted molar refractivity (Wildman–Crippen MR) is 101 cm³/mol. The van der Waals surface area contributed by atoms with Crippen LogP contribution in [-0.4, -0.2) is 54.6 Å². The van der Waals surface area contributed by atoms with Gasteiger partial charge in [0, 0.05) is 6.54 Å². The molecule has 0 aliphatic heterocycles. The summed E-state index contributed by atoms with van der Waals surface area (Å²) in [6.07, 6.45) is 0.967. The van der Waals surface area contributed by atoms with Crippen LogP contribution in [0.15, 0.2) is 18.2 Å². The molecule has 1 heterocycles. The first-order valence-electron chi connectivity index (χ1n) is 8.69. The fraction of sp³-hybridized carbons (Fsp3) is 0.556. The van der Waals surface area contributed by atoms with Gasteiger partial charge in [-0.3, -0.25) is 4.79 Å². The first-order valence-corrected chi connectivity index (χ1v) is 9.50. The molecular formula is C18H29N4OS+. The Balaban J connectivity index is 1.84. The van der Waals surface area contributed by atoms with Crippen LogP contribution in [0.3, 0.4) is 0 Å². The van der Waals surface area contributed by atoms with E-state index in [0.717, 1.165) is 54.2 Å². The Morgan fingerprint density at radius 1 is 1.29 bits per heavy atom. The van der Waals surface area contributed by atoms with Gasteiger partial charge in [-0.2, -0.15) is 0 Å². The summed E-state index contributed by atoms with van der Waals surface area (Å²) < 4.78 is 2.02. The number of primary amides is 1. The smallest absolute Gasteiger partial charge is 0.272 e. The zero-order valence-electron chi connectivity index (χ0n) is 15.0. The van der Waals surface area contributed by atoms with E-state index in [1.807, 2.05) is 0 Å². The van der Waals surface area contributed by atoms with E-state index in [9.17, 15) is 4.79 Å². The number of nitrogens with two attached hydrogens (primary N) is 1. The molecule has 0 saturated carbocycles. The van der Waals surface area contributed by atoms with Gasteiger partial charge in [0.15, 0.2) is 6.54 Å². The van der Waals surface area contributed by atoms with E-state index in [-0.39, 0.29) is 5.91 Å². The van der Waals surface area contributed by atoms with Crippen molar-refractivity contribution in [1.82, 2.24) is 10.3 Å². The number of thiazole rings is 1. The quantitative estimate of drug-likeness (QED) is 0.510. The van der Waals surface area contributed by atoms with Crippen LogP contribution in [0.5, 0.6) is 0 Å². The average Bonchev–Trinajstić information content (AvgIpc) is 2.94. The maximum Gasteiger partial charge on any atom is 0.272 e. The molecule has 2 aromatic rings. The molecular weight excluding hydrogens is 320 g/mol. The van der Waals surface area contributed by atoms with Gasteiger partial charge in [0.25, 0.3) is 5.91 Å². The zero-order valence-corrected chi connectivity index (χ0v) is 15.8. The molecule has 3 N–H and O–H groups in total. The van der Waals surface area contributed by atoms with Gasteiger partial charge in [-0.1, -0.05) is 12.1 Å². The summed E-state index contributed by atoms with van der Waals surface area (Å²) in [5.74, 6) is -0.218. The fourth-order valence-corrected chi connectivity index (χ4v) is 4.03. The van der Waals surface area contributed by atoms with Crippen molar-refractivity contribution < 1.29 is 9.28 Å². The van der Waals surface area contributed by atoms with Gasteiger partial charge in [-0.15, -0.1) is 11.3 Å². The number of aromatic nitrogens is 1. The first kappa shape index (κ1) is 18.8. The minimum absolute atomic E-state index is 0.218. The third-order valence-corrected chi connectivity index (χ3v) is 5.71. The summed E-state index contributed by atoms with van der Waals surface area (Å²) in [6.45, 7) is 11.3. The average molecular weight is 350 g/mol. The van der Waals surface area contributed by atoms with Crippen molar-refractivity contribution in [2.45, 2.75) is 27.2 Å². The van der Waals surface area contributed by atoms with Crippen molar-refractivity contribution in [2.75, 3.05) is 39.3 Å². The van der Waals surface area contributed by atoms with Crippen LogP contribution in [0.1, 0.15) is 24.4 Å². The van der Waals surface area contributed by atoms with Crippen LogP contribution in [-0.2, 0) is 11.2 Å². The molecule has 5 nitrogen and oxygen atoms in total. The van der Waals surface area contributed by atoms with E-state index < -0.39 is 0 Å². The van der Waals surface area contributed by atoms with Gasteiger partial charge in [0.05, 0.1) is 34.9 Å². The molecule has 0 unspecified atom stereocenters. The molecule has 0 radical (unpaired) electrons. The normalized spacial score (nSPS) is 12.0. The number of nitrogens with zero attached hydrogens (tertiary/aromatic N) is 2. The molecule has 0 aliphatic rings. The minimum atomic E-state index is -0.218. The van der Waals surface area contributed by atoms with Crippen LogP contribution < -0.4 is 11.1 Å². The minimum Gasteiger partial charge on any atom is -0.365 e. The Morgan fingerprint density at radius 3 is 2.71 bits per heavy atom. The number of carbonyl (C=O) groups excluding carboxylic acids is 1. The predicted octanol–water partition coefficient (Wildman–Crippen LogP) is 2.08. The van der Waals surface area contributed by atoms with Gasteiger partial charge in [-0.25, -0.2) is 4.98 Å². The van der Waals surface area contributed by atoms with Gasteiger partial charge in [-0.05, 0) is 45.4 Å². The molecule has 24 heavy (non-hydrogen) atoms. The maximum absolute atomic E-state index is 11.3. The van der Waals surface area contributed by atoms with Crippen molar-refractivity contribution in [3.63, 3.8) is 0 Å². The number of hydrogen-bond acceptors (Lipinski definition) is 4. The first-order chi connectivity index (χ1) is 11.5. The number of hydrogen-bond donors (Lipinski definition) is 2. The molecule has 0 fully saturated rings. The number of likely N-dealkylation sites (N-methyl/N-ethyl adjacent to an activating group) is 1. The van der Waals surface area contributed by atoms with E-state index in [2.05, 4.69) is 49.3 Å². The number of carbonyl (C=O) groups is 1. The number of aryl methyl sites for hydroxylation is 1. The summed E-state index contributed by atoms with van der Waals surface area (Å²) in [5, 5.41) is 4.63. The molecule has 132 valence electrons. The van der Waals surface area contributed by atoms with Crippen molar-refractivity contribution in [3.05, 3.63) is 28.8 Å². The number of amides is 1. The number of para-hydroxylation sites is 1. The molecule has 6 heteroatoms. The highest BCUT2D eigenvalue weighted by molar-refractivity contribution is 7.18. The van der Waals surface area contributed by atoms with Crippen LogP contribution in [0.4, 0.5) is 0 Å². The fourth-order valence-electron chi connectivity index (χ4n) is 3.16. The highest BCUT2D eigenvalue weighted by Gasteiger charge is 2.24. The third-order valence-electron chi connectivity index (χ3n) is 4.78. The molecule has 0 atom stereocenters. The highest BCUT2D eigenvalue weighted by Crippen LogP contribution is 2.24. The molecule has 0 spiro atoms. The van der Waals surface area contributed by atoms with Gasteiger partial charge in [0.2, 0.25) is 0 Å². The SMILES string of the molecule is CC[N+](CC)(CCNCCc1cccc2sc(C)nc12)CC(N)=O. The lowest BCUT2D eigenvalue weighted by atomic mass is 10.1. The summed E-state index contributed by atoms with van der Waals surface area (Å²) in [7, 11) is 0. The van der Waals surface area contributed by atoms with E-state index in [1.165, 1.54) is 10.3 Å². The van der Waals surface area contributed by atoms with Crippen LogP contribution >= 0.6 is 11.3 Å². The summed E-state index contributed by atoms with van der Waals surface area (Å²) in [6, 6.07) is 6.40. The second-order valence-electron chi connectivity index (χ2n) is 6.32. The van der Waals surface area contributed by atoms with Crippen molar-refractivity contribution in [2.24, 2.45) is 5.73 Å². The molecule has 1 aromatic carbocycles. The van der Waals surface area contributed by atoms with Crippen molar-refractivity contribution in [3.8, 4) is 0 Å². The maximum atomic E-state index is 11.3. The molecule has 1 aromatic heterocycles. The molecule has 2 rings (SSSR count). The van der Waals surface area contributed by atoms with Crippen LogP contribution in [0.2, 0.25) is 0 Å². The van der Waals surface area contributed by atoms with Gasteiger partial charge >= 0.3 is 0 Å². The Labute approximate surface area is 148 Å². The lowest BCUT2D eigenvalue weighted by Gasteiger charge is -2.35. The number of nitrogens with one attached hydrogen (secondary N) is 1. The van der Waals surface area contributed by atoms with Crippen LogP contribution in [0.25, 0.3) is 10.2 Å². The molecule has 0 aliphatic carbocycles. The molecule has 1 amide bonds.